The number of unbranched alkanes of at least 4 members (excludes halogenated alkanes) is 9. The molecule has 0 spiro atoms. The number of phenolic OH excluding ortho intramolecular Hbond substituents is 1. The average Bonchev–Trinajstić information content (AvgIpc) is 2.74. The van der Waals surface area contributed by atoms with E-state index in [0.717, 1.165) is 12.2 Å². The molecule has 0 amide bonds. The van der Waals surface area contributed by atoms with Crippen LogP contribution in [0.5, 0.6) is 17.2 Å². The van der Waals surface area contributed by atoms with Gasteiger partial charge in [-0.3, -0.25) is 0 Å². The molecule has 2 aromatic carbocycles. The maximum atomic E-state index is 12.1. The first-order valence-electron chi connectivity index (χ1n) is 10.9. The van der Waals surface area contributed by atoms with Crippen LogP contribution in [-0.2, 0) is 0 Å². The Morgan fingerprint density at radius 3 is 1.83 bits per heavy atom. The molecule has 0 unspecified atom stereocenters. The third kappa shape index (κ3) is 9.51. The molecule has 0 saturated heterocycles. The van der Waals surface area contributed by atoms with Gasteiger partial charge in [0.25, 0.3) is 0 Å². The van der Waals surface area contributed by atoms with Crippen molar-refractivity contribution in [1.29, 1.82) is 0 Å². The van der Waals surface area contributed by atoms with E-state index in [9.17, 15) is 9.90 Å². The van der Waals surface area contributed by atoms with Gasteiger partial charge in [0.1, 0.15) is 17.2 Å². The monoisotopic (exact) mass is 398 g/mol. The molecule has 0 atom stereocenters. The van der Waals surface area contributed by atoms with Crippen molar-refractivity contribution in [2.75, 3.05) is 6.61 Å². The van der Waals surface area contributed by atoms with E-state index in [1.165, 1.54) is 69.9 Å². The third-order valence-electron chi connectivity index (χ3n) is 4.90. The summed E-state index contributed by atoms with van der Waals surface area (Å²) in [5.41, 5.74) is 0.462. The van der Waals surface area contributed by atoms with Crippen LogP contribution in [0.1, 0.15) is 81.5 Å². The van der Waals surface area contributed by atoms with Gasteiger partial charge in [0.15, 0.2) is 0 Å². The molecule has 0 aliphatic carbocycles. The molecule has 29 heavy (non-hydrogen) atoms. The number of aromatic hydroxyl groups is 1. The molecule has 4 nitrogen and oxygen atoms in total. The van der Waals surface area contributed by atoms with Crippen molar-refractivity contribution < 1.29 is 19.4 Å². The maximum Gasteiger partial charge on any atom is 0.343 e. The zero-order valence-electron chi connectivity index (χ0n) is 17.6. The summed E-state index contributed by atoms with van der Waals surface area (Å²) < 4.78 is 11.0. The highest BCUT2D eigenvalue weighted by molar-refractivity contribution is 5.91. The van der Waals surface area contributed by atoms with Crippen LogP contribution in [0.2, 0.25) is 0 Å². The molecule has 0 radical (unpaired) electrons. The first-order chi connectivity index (χ1) is 14.2. The Morgan fingerprint density at radius 1 is 0.724 bits per heavy atom. The quantitative estimate of drug-likeness (QED) is 0.213. The number of hydrogen-bond acceptors (Lipinski definition) is 4. The van der Waals surface area contributed by atoms with Gasteiger partial charge in [0.05, 0.1) is 12.2 Å². The van der Waals surface area contributed by atoms with Crippen LogP contribution in [0.4, 0.5) is 0 Å². The van der Waals surface area contributed by atoms with E-state index >= 15 is 0 Å². The minimum Gasteiger partial charge on any atom is -0.508 e. The van der Waals surface area contributed by atoms with Crippen molar-refractivity contribution in [3.8, 4) is 17.2 Å². The molecular formula is C25H34O4. The van der Waals surface area contributed by atoms with Crippen molar-refractivity contribution in [3.63, 3.8) is 0 Å². The second-order valence-electron chi connectivity index (χ2n) is 7.44. The molecule has 0 fully saturated rings. The molecule has 0 saturated carbocycles. The standard InChI is InChI=1S/C25H34O4/c1-2-3-4-5-6-7-8-9-10-11-20-28-23-16-12-21(13-17-23)25(27)29-24-18-14-22(26)15-19-24/h12-19,26H,2-11,20H2,1H3. The number of phenols is 1. The smallest absolute Gasteiger partial charge is 0.343 e. The van der Waals surface area contributed by atoms with Crippen LogP contribution in [0.3, 0.4) is 0 Å². The summed E-state index contributed by atoms with van der Waals surface area (Å²) in [6.07, 6.45) is 13.0. The van der Waals surface area contributed by atoms with Gasteiger partial charge in [-0.1, -0.05) is 64.7 Å². The molecule has 0 bridgehead atoms. The largest absolute Gasteiger partial charge is 0.508 e. The van der Waals surface area contributed by atoms with Gasteiger partial charge in [-0.2, -0.15) is 0 Å². The summed E-state index contributed by atoms with van der Waals surface area (Å²) in [6.45, 7) is 2.96. The van der Waals surface area contributed by atoms with E-state index in [1.54, 1.807) is 36.4 Å². The zero-order chi connectivity index (χ0) is 20.7. The Balaban J connectivity index is 1.57. The van der Waals surface area contributed by atoms with Gasteiger partial charge in [-0.05, 0) is 55.0 Å². The van der Waals surface area contributed by atoms with E-state index < -0.39 is 5.97 Å². The Bertz CT molecular complexity index is 692. The number of hydrogen-bond donors (Lipinski definition) is 1. The van der Waals surface area contributed by atoms with Crippen molar-refractivity contribution in [2.45, 2.75) is 71.1 Å². The van der Waals surface area contributed by atoms with Gasteiger partial charge in [0.2, 0.25) is 0 Å². The lowest BCUT2D eigenvalue weighted by atomic mass is 10.1. The lowest BCUT2D eigenvalue weighted by Crippen LogP contribution is -2.08. The second-order valence-corrected chi connectivity index (χ2v) is 7.44. The van der Waals surface area contributed by atoms with Crippen LogP contribution in [0, 0.1) is 0 Å². The molecule has 2 rings (SSSR count). The minimum absolute atomic E-state index is 0.133. The van der Waals surface area contributed by atoms with Crippen LogP contribution >= 0.6 is 0 Å². The average molecular weight is 399 g/mol. The van der Waals surface area contributed by atoms with Crippen LogP contribution < -0.4 is 9.47 Å². The van der Waals surface area contributed by atoms with Gasteiger partial charge >= 0.3 is 5.97 Å². The fraction of sp³-hybridized carbons (Fsp3) is 0.480. The van der Waals surface area contributed by atoms with Crippen LogP contribution in [0.15, 0.2) is 48.5 Å². The number of benzene rings is 2. The Morgan fingerprint density at radius 2 is 1.24 bits per heavy atom. The zero-order valence-corrected chi connectivity index (χ0v) is 17.6. The fourth-order valence-corrected chi connectivity index (χ4v) is 3.15. The van der Waals surface area contributed by atoms with Gasteiger partial charge in [0, 0.05) is 0 Å². The molecule has 0 aromatic heterocycles. The Labute approximate surface area is 174 Å². The first kappa shape index (κ1) is 22.8. The summed E-state index contributed by atoms with van der Waals surface area (Å²) >= 11 is 0. The number of ether oxygens (including phenoxy) is 2. The number of carbonyl (C=O) groups excluding carboxylic acids is 1. The summed E-state index contributed by atoms with van der Waals surface area (Å²) in [5.74, 6) is 0.863. The molecule has 0 heterocycles. The van der Waals surface area contributed by atoms with Gasteiger partial charge < -0.3 is 14.6 Å². The van der Waals surface area contributed by atoms with Crippen molar-refractivity contribution in [1.82, 2.24) is 0 Å². The lowest BCUT2D eigenvalue weighted by molar-refractivity contribution is 0.0734. The molecule has 0 aliphatic rings. The van der Waals surface area contributed by atoms with E-state index in [4.69, 9.17) is 9.47 Å². The molecule has 1 N–H and O–H groups in total. The van der Waals surface area contributed by atoms with Crippen LogP contribution in [0.25, 0.3) is 0 Å². The SMILES string of the molecule is CCCCCCCCCCCCOc1ccc(C(=O)Oc2ccc(O)cc2)cc1. The van der Waals surface area contributed by atoms with E-state index in [1.807, 2.05) is 0 Å². The second kappa shape index (κ2) is 13.6. The highest BCUT2D eigenvalue weighted by Gasteiger charge is 2.09. The summed E-state index contributed by atoms with van der Waals surface area (Å²) in [7, 11) is 0. The first-order valence-corrected chi connectivity index (χ1v) is 10.9. The maximum absolute atomic E-state index is 12.1. The predicted octanol–water partition coefficient (Wildman–Crippen LogP) is 6.91. The number of carbonyl (C=O) groups is 1. The van der Waals surface area contributed by atoms with E-state index in [-0.39, 0.29) is 5.75 Å². The highest BCUT2D eigenvalue weighted by atomic mass is 16.5. The van der Waals surface area contributed by atoms with Gasteiger partial charge in [-0.25, -0.2) is 4.79 Å². The number of esters is 1. The highest BCUT2D eigenvalue weighted by Crippen LogP contribution is 2.19. The summed E-state index contributed by atoms with van der Waals surface area (Å²) in [5, 5.41) is 9.26. The topological polar surface area (TPSA) is 55.8 Å². The summed E-state index contributed by atoms with van der Waals surface area (Å²) in [4.78, 5) is 12.1. The van der Waals surface area contributed by atoms with Gasteiger partial charge in [-0.15, -0.1) is 0 Å². The molecule has 2 aromatic rings. The molecular weight excluding hydrogens is 364 g/mol. The van der Waals surface area contributed by atoms with Crippen LogP contribution in [-0.4, -0.2) is 17.7 Å². The fourth-order valence-electron chi connectivity index (χ4n) is 3.15. The Hall–Kier alpha value is -2.49. The van der Waals surface area contributed by atoms with Crippen molar-refractivity contribution in [3.05, 3.63) is 54.1 Å². The summed E-state index contributed by atoms with van der Waals surface area (Å²) in [6, 6.07) is 13.1. The Kier molecular flexibility index (Phi) is 10.7. The van der Waals surface area contributed by atoms with E-state index in [2.05, 4.69) is 6.92 Å². The molecule has 158 valence electrons. The van der Waals surface area contributed by atoms with Crippen molar-refractivity contribution >= 4 is 5.97 Å². The third-order valence-corrected chi connectivity index (χ3v) is 4.90. The normalized spacial score (nSPS) is 10.7. The predicted molar refractivity (Wildman–Crippen MR) is 117 cm³/mol. The van der Waals surface area contributed by atoms with Crippen molar-refractivity contribution in [2.24, 2.45) is 0 Å². The lowest BCUT2D eigenvalue weighted by Gasteiger charge is -2.08. The minimum atomic E-state index is -0.433. The number of rotatable bonds is 14. The molecule has 0 aliphatic heterocycles. The molecule has 4 heteroatoms. The van der Waals surface area contributed by atoms with E-state index in [0.29, 0.717) is 17.9 Å².